The predicted octanol–water partition coefficient (Wildman–Crippen LogP) is 19.8. The average molecular weight is 1250 g/mol. The van der Waals surface area contributed by atoms with Crippen LogP contribution >= 0.6 is 0 Å². The fourth-order valence-corrected chi connectivity index (χ4v) is 11.6. The third kappa shape index (κ3) is 10.7. The Morgan fingerprint density at radius 3 is 1.47 bits per heavy atom. The molecule has 5 nitrogen and oxygen atoms in total. The number of benzene rings is 8. The van der Waals surface area contributed by atoms with Gasteiger partial charge in [0.05, 0.1) is 0 Å². The number of hydrogen-bond acceptors (Lipinski definition) is 4. The monoisotopic (exact) mass is 1240 g/mol. The van der Waals surface area contributed by atoms with Gasteiger partial charge in [0.1, 0.15) is 5.82 Å². The zero-order valence-corrected chi connectivity index (χ0v) is 52.3. The fraction of sp³-hybridized carbons (Fsp3) is 0.280. The summed E-state index contributed by atoms with van der Waals surface area (Å²) in [6.45, 7) is 36.8. The number of pyridine rings is 1. The SMILES string of the molecule is CC(C)(C)c1ccnc(-n2c3[c-]c(Oc4[c-]c(N5[CH-]N(c6cc(C(C)(C)c7ccccc7)cc(C(C)(C)c7ccccc7)c6)c6ccc(C(C)(C)C)cc65)cc(C(C)(C)c5ccccc5)c4)cc(C(C)(C)C)c3c3ccccc32)c1.[Pt]. The second kappa shape index (κ2) is 21.0. The first-order valence-corrected chi connectivity index (χ1v) is 28.4. The van der Waals surface area contributed by atoms with Crippen molar-refractivity contribution in [2.45, 2.75) is 136 Å². The number of aromatic nitrogens is 2. The minimum absolute atomic E-state index is 0. The number of anilines is 4. The molecule has 0 atom stereocenters. The molecule has 8 aromatic carbocycles. The van der Waals surface area contributed by atoms with E-state index in [1.807, 2.05) is 6.20 Å². The molecule has 0 saturated heterocycles. The third-order valence-corrected chi connectivity index (χ3v) is 17.1. The number of rotatable bonds is 11. The van der Waals surface area contributed by atoms with Gasteiger partial charge in [0.25, 0.3) is 0 Å². The van der Waals surface area contributed by atoms with E-state index in [1.165, 1.54) is 44.5 Å². The van der Waals surface area contributed by atoms with Crippen LogP contribution < -0.4 is 14.5 Å². The van der Waals surface area contributed by atoms with E-state index in [0.29, 0.717) is 11.5 Å². The molecule has 10 aromatic rings. The van der Waals surface area contributed by atoms with Crippen LogP contribution in [0.25, 0.3) is 27.6 Å². The van der Waals surface area contributed by atoms with Gasteiger partial charge >= 0.3 is 0 Å². The average Bonchev–Trinajstić information content (AvgIpc) is 4.08. The molecule has 11 rings (SSSR count). The van der Waals surface area contributed by atoms with Gasteiger partial charge in [0.15, 0.2) is 0 Å². The summed E-state index contributed by atoms with van der Waals surface area (Å²) in [4.78, 5) is 9.76. The van der Waals surface area contributed by atoms with Crippen LogP contribution in [0.15, 0.2) is 188 Å². The summed E-state index contributed by atoms with van der Waals surface area (Å²) in [6, 6.07) is 74.3. The second-order valence-corrected chi connectivity index (χ2v) is 26.8. The second-order valence-electron chi connectivity index (χ2n) is 26.8. The zero-order valence-electron chi connectivity index (χ0n) is 50.0. The van der Waals surface area contributed by atoms with Crippen molar-refractivity contribution in [2.75, 3.05) is 9.80 Å². The molecule has 81 heavy (non-hydrogen) atoms. The number of hydrogen-bond donors (Lipinski definition) is 0. The minimum atomic E-state index is -0.422. The minimum Gasteiger partial charge on any atom is -0.509 e. The maximum atomic E-state index is 7.33. The van der Waals surface area contributed by atoms with E-state index in [9.17, 15) is 0 Å². The molecule has 0 bridgehead atoms. The quantitative estimate of drug-likeness (QED) is 0.121. The summed E-state index contributed by atoms with van der Waals surface area (Å²) < 4.78 is 9.60. The van der Waals surface area contributed by atoms with Crippen LogP contribution in [0.4, 0.5) is 22.7 Å². The smallest absolute Gasteiger partial charge is 0.135 e. The molecule has 2 aromatic heterocycles. The summed E-state index contributed by atoms with van der Waals surface area (Å²) >= 11 is 0. The van der Waals surface area contributed by atoms with Crippen molar-refractivity contribution in [3.05, 3.63) is 257 Å². The Hall–Kier alpha value is -7.20. The maximum absolute atomic E-state index is 7.33. The van der Waals surface area contributed by atoms with Gasteiger partial charge in [-0.25, -0.2) is 4.98 Å². The van der Waals surface area contributed by atoms with Gasteiger partial charge in [-0.05, 0) is 108 Å². The van der Waals surface area contributed by atoms with Crippen LogP contribution in [0.5, 0.6) is 11.5 Å². The molecule has 416 valence electrons. The van der Waals surface area contributed by atoms with Gasteiger partial charge in [-0.3, -0.25) is 0 Å². The molecular weight excluding hydrogens is 1170 g/mol. The predicted molar refractivity (Wildman–Crippen MR) is 336 cm³/mol. The third-order valence-electron chi connectivity index (χ3n) is 17.1. The molecule has 0 amide bonds. The molecule has 0 aliphatic carbocycles. The van der Waals surface area contributed by atoms with E-state index in [2.05, 4.69) is 319 Å². The number of nitrogens with zero attached hydrogens (tertiary/aromatic N) is 4. The molecule has 0 unspecified atom stereocenters. The summed E-state index contributed by atoms with van der Waals surface area (Å²) in [6.07, 6.45) is 1.93. The van der Waals surface area contributed by atoms with Crippen molar-refractivity contribution in [1.82, 2.24) is 9.55 Å². The Balaban J connectivity index is 0.00000736. The topological polar surface area (TPSA) is 33.5 Å². The Bertz CT molecular complexity index is 3860. The van der Waals surface area contributed by atoms with E-state index in [-0.39, 0.29) is 48.1 Å². The van der Waals surface area contributed by atoms with Crippen LogP contribution in [0.1, 0.15) is 154 Å². The number of para-hydroxylation sites is 1. The summed E-state index contributed by atoms with van der Waals surface area (Å²) in [7, 11) is 0. The van der Waals surface area contributed by atoms with Crippen LogP contribution in [0.2, 0.25) is 0 Å². The van der Waals surface area contributed by atoms with Gasteiger partial charge in [-0.15, -0.1) is 53.8 Å². The first kappa shape index (κ1) is 57.0. The first-order chi connectivity index (χ1) is 37.8. The van der Waals surface area contributed by atoms with Gasteiger partial charge in [-0.2, -0.15) is 0 Å². The number of ether oxygens (including phenoxy) is 1. The van der Waals surface area contributed by atoms with Crippen molar-refractivity contribution in [1.29, 1.82) is 0 Å². The maximum Gasteiger partial charge on any atom is 0.135 e. The van der Waals surface area contributed by atoms with Crippen molar-refractivity contribution < 1.29 is 25.8 Å². The molecule has 1 aliphatic rings. The van der Waals surface area contributed by atoms with E-state index in [0.717, 1.165) is 55.9 Å². The van der Waals surface area contributed by atoms with Crippen molar-refractivity contribution >= 4 is 44.6 Å². The van der Waals surface area contributed by atoms with Crippen LogP contribution in [0, 0.1) is 18.8 Å². The van der Waals surface area contributed by atoms with Gasteiger partial charge in [-0.1, -0.05) is 236 Å². The summed E-state index contributed by atoms with van der Waals surface area (Å²) in [5.41, 5.74) is 15.6. The largest absolute Gasteiger partial charge is 0.509 e. The molecule has 0 N–H and O–H groups in total. The molecule has 0 fully saturated rings. The summed E-state index contributed by atoms with van der Waals surface area (Å²) in [5.74, 6) is 2.07. The van der Waals surface area contributed by atoms with E-state index in [1.54, 1.807) is 0 Å². The molecule has 6 heteroatoms. The van der Waals surface area contributed by atoms with E-state index >= 15 is 0 Å². The van der Waals surface area contributed by atoms with Gasteiger partial charge in [0, 0.05) is 72.2 Å². The van der Waals surface area contributed by atoms with Crippen molar-refractivity contribution in [3.63, 3.8) is 0 Å². The Morgan fingerprint density at radius 2 is 0.926 bits per heavy atom. The Morgan fingerprint density at radius 1 is 0.420 bits per heavy atom. The summed E-state index contributed by atoms with van der Waals surface area (Å²) in [5, 5.41) is 2.31. The molecule has 0 spiro atoms. The van der Waals surface area contributed by atoms with Gasteiger partial charge in [0.2, 0.25) is 0 Å². The van der Waals surface area contributed by atoms with Crippen molar-refractivity contribution in [2.24, 2.45) is 0 Å². The Kier molecular flexibility index (Phi) is 14.8. The fourth-order valence-electron chi connectivity index (χ4n) is 11.6. The molecule has 0 radical (unpaired) electrons. The molecule has 3 heterocycles. The van der Waals surface area contributed by atoms with E-state index in [4.69, 9.17) is 9.72 Å². The van der Waals surface area contributed by atoms with Crippen LogP contribution in [-0.2, 0) is 53.6 Å². The van der Waals surface area contributed by atoms with E-state index < -0.39 is 5.41 Å². The van der Waals surface area contributed by atoms with Gasteiger partial charge < -0.3 is 19.1 Å². The standard InChI is InChI=1S/C75H77N4O.Pt/c1-70(2,3)53-35-36-65-66(44-53)78(49-77(65)58-40-55(73(10,11)50-27-19-16-20-28-50)39-56(41-58)74(12,13)51-29-21-17-22-30-51)59-42-57(75(14,15)52-31-23-18-24-32-52)43-60(46-59)80-61-47-63(72(7,8)9)69-62-33-25-26-34-64(62)79(67(69)48-61)68-45-54(37-38-76-68)71(4,5)6;/h16-45,47,49H,1-15H3;/q-3;. The van der Waals surface area contributed by atoms with Crippen LogP contribution in [-0.4, -0.2) is 9.55 Å². The normalized spacial score (nSPS) is 13.4. The molecule has 1 aliphatic heterocycles. The Labute approximate surface area is 497 Å². The first-order valence-electron chi connectivity index (χ1n) is 28.4. The number of fused-ring (bicyclic) bond motifs is 4. The van der Waals surface area contributed by atoms with Crippen LogP contribution in [0.3, 0.4) is 0 Å². The molecule has 0 saturated carbocycles. The zero-order chi connectivity index (χ0) is 56.7. The molecular formula is C75H77N4OPt-3. The van der Waals surface area contributed by atoms with Crippen molar-refractivity contribution in [3.8, 4) is 17.3 Å².